The van der Waals surface area contributed by atoms with Gasteiger partial charge in [-0.25, -0.2) is 0 Å². The highest BCUT2D eigenvalue weighted by molar-refractivity contribution is 5.97. The molecule has 0 aromatic heterocycles. The molecule has 1 aromatic carbocycles. The summed E-state index contributed by atoms with van der Waals surface area (Å²) in [6.07, 6.45) is 0.543. The topological polar surface area (TPSA) is 67.2 Å². The Morgan fingerprint density at radius 1 is 1.53 bits per heavy atom. The van der Waals surface area contributed by atoms with Gasteiger partial charge in [-0.3, -0.25) is 9.59 Å². The zero-order chi connectivity index (χ0) is 11.4. The smallest absolute Gasteiger partial charge is 0.159 e. The number of methoxy groups -OCH3 is 1. The molecule has 0 aliphatic carbocycles. The summed E-state index contributed by atoms with van der Waals surface area (Å²) in [6, 6.07) is 4.69. The summed E-state index contributed by atoms with van der Waals surface area (Å²) in [5.74, 6) is 0.0662. The van der Waals surface area contributed by atoms with Crippen molar-refractivity contribution in [2.24, 2.45) is 0 Å². The highest BCUT2D eigenvalue weighted by atomic mass is 16.5. The molecular weight excluding hydrogens is 194 g/mol. The van der Waals surface area contributed by atoms with Gasteiger partial charge in [0.05, 0.1) is 18.2 Å². The standard InChI is InChI=1S/C11H9NO3/c1-7(14)8-3-9(5-12)10(6-13)11(4-8)15-2/h3-4,6H,1-2H3. The van der Waals surface area contributed by atoms with E-state index in [0.717, 1.165) is 0 Å². The summed E-state index contributed by atoms with van der Waals surface area (Å²) in [4.78, 5) is 21.9. The van der Waals surface area contributed by atoms with Crippen LogP contribution in [0.4, 0.5) is 0 Å². The second-order valence-electron chi connectivity index (χ2n) is 2.93. The molecule has 0 N–H and O–H groups in total. The molecule has 0 saturated heterocycles. The normalized spacial score (nSPS) is 9.13. The lowest BCUT2D eigenvalue weighted by Gasteiger charge is -2.06. The first kappa shape index (κ1) is 10.9. The van der Waals surface area contributed by atoms with Gasteiger partial charge in [-0.15, -0.1) is 0 Å². The number of rotatable bonds is 3. The summed E-state index contributed by atoms with van der Waals surface area (Å²) in [6.45, 7) is 1.39. The number of nitrogens with zero attached hydrogens (tertiary/aromatic N) is 1. The van der Waals surface area contributed by atoms with E-state index in [1.807, 2.05) is 6.07 Å². The second kappa shape index (κ2) is 4.38. The van der Waals surface area contributed by atoms with Gasteiger partial charge in [0, 0.05) is 5.56 Å². The third kappa shape index (κ3) is 2.02. The van der Waals surface area contributed by atoms with Crippen molar-refractivity contribution in [3.05, 3.63) is 28.8 Å². The average molecular weight is 203 g/mol. The van der Waals surface area contributed by atoms with Crippen LogP contribution in [-0.4, -0.2) is 19.2 Å². The minimum Gasteiger partial charge on any atom is -0.496 e. The van der Waals surface area contributed by atoms with Gasteiger partial charge in [0.15, 0.2) is 12.1 Å². The Hall–Kier alpha value is -2.15. The number of ether oxygens (including phenoxy) is 1. The highest BCUT2D eigenvalue weighted by Gasteiger charge is 2.12. The Morgan fingerprint density at radius 2 is 2.20 bits per heavy atom. The summed E-state index contributed by atoms with van der Waals surface area (Å²) in [5, 5.41) is 8.80. The van der Waals surface area contributed by atoms with Crippen LogP contribution < -0.4 is 4.74 Å². The number of Topliss-reactive ketones (excluding diaryl/α,β-unsaturated/α-hetero) is 1. The van der Waals surface area contributed by atoms with Gasteiger partial charge in [0.2, 0.25) is 0 Å². The molecule has 4 heteroatoms. The number of ketones is 1. The van der Waals surface area contributed by atoms with Gasteiger partial charge >= 0.3 is 0 Å². The summed E-state index contributed by atoms with van der Waals surface area (Å²) >= 11 is 0. The molecule has 0 saturated carbocycles. The zero-order valence-electron chi connectivity index (χ0n) is 8.40. The van der Waals surface area contributed by atoms with E-state index in [0.29, 0.717) is 11.8 Å². The van der Waals surface area contributed by atoms with Crippen LogP contribution >= 0.6 is 0 Å². The SMILES string of the molecule is COc1cc(C(C)=O)cc(C#N)c1C=O. The highest BCUT2D eigenvalue weighted by Crippen LogP contribution is 2.22. The summed E-state index contributed by atoms with van der Waals surface area (Å²) in [7, 11) is 1.38. The quantitative estimate of drug-likeness (QED) is 0.552. The van der Waals surface area contributed by atoms with Crippen molar-refractivity contribution >= 4 is 12.1 Å². The van der Waals surface area contributed by atoms with Gasteiger partial charge in [0.25, 0.3) is 0 Å². The zero-order valence-corrected chi connectivity index (χ0v) is 8.40. The van der Waals surface area contributed by atoms with E-state index in [-0.39, 0.29) is 22.7 Å². The van der Waals surface area contributed by atoms with E-state index in [9.17, 15) is 9.59 Å². The van der Waals surface area contributed by atoms with E-state index < -0.39 is 0 Å². The molecule has 0 aliphatic rings. The fourth-order valence-corrected chi connectivity index (χ4v) is 1.21. The van der Waals surface area contributed by atoms with Crippen molar-refractivity contribution in [3.8, 4) is 11.8 Å². The molecule has 15 heavy (non-hydrogen) atoms. The summed E-state index contributed by atoms with van der Waals surface area (Å²) < 4.78 is 4.93. The predicted molar refractivity (Wildman–Crippen MR) is 53.1 cm³/mol. The summed E-state index contributed by atoms with van der Waals surface area (Å²) in [5.41, 5.74) is 0.675. The molecule has 0 atom stereocenters. The van der Waals surface area contributed by atoms with Crippen molar-refractivity contribution in [3.63, 3.8) is 0 Å². The molecule has 1 aromatic rings. The lowest BCUT2D eigenvalue weighted by Crippen LogP contribution is -2.00. The van der Waals surface area contributed by atoms with Crippen LogP contribution in [0.2, 0.25) is 0 Å². The van der Waals surface area contributed by atoms with Crippen molar-refractivity contribution in [2.75, 3.05) is 7.11 Å². The van der Waals surface area contributed by atoms with Crippen molar-refractivity contribution < 1.29 is 14.3 Å². The van der Waals surface area contributed by atoms with Crippen LogP contribution in [0.15, 0.2) is 12.1 Å². The Labute approximate surface area is 87.1 Å². The van der Waals surface area contributed by atoms with Crippen molar-refractivity contribution in [1.29, 1.82) is 5.26 Å². The first-order valence-electron chi connectivity index (χ1n) is 4.22. The van der Waals surface area contributed by atoms with Crippen LogP contribution in [0.1, 0.15) is 33.2 Å². The number of nitriles is 1. The molecule has 0 heterocycles. The average Bonchev–Trinajstić information content (AvgIpc) is 2.26. The van der Waals surface area contributed by atoms with Gasteiger partial charge in [-0.2, -0.15) is 5.26 Å². The first-order valence-corrected chi connectivity index (χ1v) is 4.22. The fraction of sp³-hybridized carbons (Fsp3) is 0.182. The van der Waals surface area contributed by atoms with Crippen LogP contribution in [0.3, 0.4) is 0 Å². The van der Waals surface area contributed by atoms with E-state index in [4.69, 9.17) is 10.00 Å². The Balaban J connectivity index is 3.51. The third-order valence-corrected chi connectivity index (χ3v) is 2.01. The molecule has 4 nitrogen and oxygen atoms in total. The monoisotopic (exact) mass is 203 g/mol. The number of carbonyl (C=O) groups excluding carboxylic acids is 2. The number of aldehydes is 1. The molecule has 0 unspecified atom stereocenters. The molecule has 0 amide bonds. The number of carbonyl (C=O) groups is 2. The maximum absolute atomic E-state index is 11.1. The fourth-order valence-electron chi connectivity index (χ4n) is 1.21. The van der Waals surface area contributed by atoms with Gasteiger partial charge in [-0.1, -0.05) is 0 Å². The van der Waals surface area contributed by atoms with Crippen molar-refractivity contribution in [2.45, 2.75) is 6.92 Å². The largest absolute Gasteiger partial charge is 0.496 e. The number of hydrogen-bond acceptors (Lipinski definition) is 4. The maximum Gasteiger partial charge on any atom is 0.159 e. The predicted octanol–water partition coefficient (Wildman–Crippen LogP) is 1.58. The van der Waals surface area contributed by atoms with Crippen LogP contribution in [-0.2, 0) is 0 Å². The third-order valence-electron chi connectivity index (χ3n) is 2.01. The molecular formula is C11H9NO3. The van der Waals surface area contributed by atoms with Crippen LogP contribution in [0.5, 0.6) is 5.75 Å². The Kier molecular flexibility index (Phi) is 3.19. The molecule has 0 spiro atoms. The van der Waals surface area contributed by atoms with Gasteiger partial charge < -0.3 is 4.74 Å². The minimum atomic E-state index is -0.178. The lowest BCUT2D eigenvalue weighted by molar-refractivity contribution is 0.101. The molecule has 1 rings (SSSR count). The van der Waals surface area contributed by atoms with E-state index in [1.165, 1.54) is 26.2 Å². The van der Waals surface area contributed by atoms with E-state index in [2.05, 4.69) is 0 Å². The van der Waals surface area contributed by atoms with E-state index >= 15 is 0 Å². The molecule has 0 radical (unpaired) electrons. The van der Waals surface area contributed by atoms with Crippen LogP contribution in [0, 0.1) is 11.3 Å². The lowest BCUT2D eigenvalue weighted by atomic mass is 10.0. The molecule has 0 aliphatic heterocycles. The number of hydrogen-bond donors (Lipinski definition) is 0. The Morgan fingerprint density at radius 3 is 2.60 bits per heavy atom. The minimum absolute atomic E-state index is 0.148. The van der Waals surface area contributed by atoms with Crippen molar-refractivity contribution in [1.82, 2.24) is 0 Å². The maximum atomic E-state index is 11.1. The second-order valence-corrected chi connectivity index (χ2v) is 2.93. The molecule has 0 bridgehead atoms. The van der Waals surface area contributed by atoms with Gasteiger partial charge in [-0.05, 0) is 19.1 Å². The van der Waals surface area contributed by atoms with E-state index in [1.54, 1.807) is 0 Å². The number of benzene rings is 1. The Bertz CT molecular complexity index is 458. The molecule has 0 fully saturated rings. The molecule has 76 valence electrons. The van der Waals surface area contributed by atoms with Gasteiger partial charge in [0.1, 0.15) is 11.8 Å². The first-order chi connectivity index (χ1) is 7.13. The van der Waals surface area contributed by atoms with Crippen LogP contribution in [0.25, 0.3) is 0 Å².